The van der Waals surface area contributed by atoms with E-state index < -0.39 is 17.3 Å². The second-order valence-electron chi connectivity index (χ2n) is 9.21. The van der Waals surface area contributed by atoms with Gasteiger partial charge in [0.25, 0.3) is 0 Å². The van der Waals surface area contributed by atoms with Gasteiger partial charge in [0.2, 0.25) is 5.91 Å². The molecule has 0 saturated heterocycles. The third-order valence-corrected chi connectivity index (χ3v) is 6.94. The van der Waals surface area contributed by atoms with Gasteiger partial charge in [0.15, 0.2) is 0 Å². The highest BCUT2D eigenvalue weighted by Gasteiger charge is 2.44. The van der Waals surface area contributed by atoms with Gasteiger partial charge >= 0.3 is 11.9 Å². The number of carboxylic acids is 1. The molecule has 0 radical (unpaired) electrons. The van der Waals surface area contributed by atoms with Crippen LogP contribution in [0, 0.1) is 11.3 Å². The molecule has 1 saturated carbocycles. The highest BCUT2D eigenvalue weighted by molar-refractivity contribution is 6.30. The molecular weight excluding hydrogens is 458 g/mol. The third kappa shape index (κ3) is 8.91. The molecule has 2 atom stereocenters. The number of aliphatic carboxylic acids is 1. The minimum atomic E-state index is -0.901. The van der Waals surface area contributed by atoms with Gasteiger partial charge in [-0.3, -0.25) is 14.4 Å². The van der Waals surface area contributed by atoms with Crippen LogP contribution in [0.1, 0.15) is 70.3 Å². The molecule has 2 N–H and O–H groups in total. The van der Waals surface area contributed by atoms with E-state index >= 15 is 0 Å². The Bertz CT molecular complexity index is 791. The smallest absolute Gasteiger partial charge is 0.307 e. The zero-order valence-corrected chi connectivity index (χ0v) is 21.1. The Hall–Kier alpha value is -2.12. The molecule has 0 heterocycles. The number of methoxy groups -OCH3 is 1. The van der Waals surface area contributed by atoms with E-state index in [1.54, 1.807) is 14.0 Å². The van der Waals surface area contributed by atoms with Crippen LogP contribution in [0.4, 0.5) is 0 Å². The van der Waals surface area contributed by atoms with Gasteiger partial charge in [-0.05, 0) is 69.6 Å². The SMILES string of the molecule is CCOC(=O)CC(CCCc1ccc(Cl)cc1)NC(=O)C1(CC(CCOC)C(=O)O)CCCC1. The van der Waals surface area contributed by atoms with Crippen LogP contribution in [0.25, 0.3) is 0 Å². The number of hydrogen-bond acceptors (Lipinski definition) is 5. The van der Waals surface area contributed by atoms with Crippen LogP contribution in [-0.4, -0.2) is 49.3 Å². The lowest BCUT2D eigenvalue weighted by molar-refractivity contribution is -0.145. The molecule has 1 aliphatic rings. The van der Waals surface area contributed by atoms with E-state index in [1.807, 2.05) is 24.3 Å². The number of carbonyl (C=O) groups is 3. The molecule has 0 aromatic heterocycles. The summed E-state index contributed by atoms with van der Waals surface area (Å²) in [6.45, 7) is 2.38. The van der Waals surface area contributed by atoms with Crippen molar-refractivity contribution in [1.82, 2.24) is 5.32 Å². The topological polar surface area (TPSA) is 102 Å². The van der Waals surface area contributed by atoms with Gasteiger partial charge in [0.1, 0.15) is 0 Å². The molecule has 190 valence electrons. The summed E-state index contributed by atoms with van der Waals surface area (Å²) >= 11 is 5.96. The van der Waals surface area contributed by atoms with Gasteiger partial charge in [-0.15, -0.1) is 0 Å². The lowest BCUT2D eigenvalue weighted by atomic mass is 9.75. The first-order valence-electron chi connectivity index (χ1n) is 12.2. The second-order valence-corrected chi connectivity index (χ2v) is 9.64. The highest BCUT2D eigenvalue weighted by Crippen LogP contribution is 2.44. The van der Waals surface area contributed by atoms with Gasteiger partial charge in [-0.2, -0.15) is 0 Å². The lowest BCUT2D eigenvalue weighted by Gasteiger charge is -2.32. The number of esters is 1. The fourth-order valence-electron chi connectivity index (χ4n) is 4.81. The van der Waals surface area contributed by atoms with Crippen LogP contribution in [0.3, 0.4) is 0 Å². The fraction of sp³-hybridized carbons (Fsp3) is 0.654. The molecule has 1 amide bonds. The molecule has 7 nitrogen and oxygen atoms in total. The molecule has 0 aliphatic heterocycles. The zero-order valence-electron chi connectivity index (χ0n) is 20.3. The number of ether oxygens (including phenoxy) is 2. The summed E-state index contributed by atoms with van der Waals surface area (Å²) < 4.78 is 10.2. The molecule has 1 aromatic carbocycles. The first-order chi connectivity index (χ1) is 16.3. The van der Waals surface area contributed by atoms with E-state index in [9.17, 15) is 19.5 Å². The standard InChI is InChI=1S/C26H38ClNO6/c1-3-34-23(29)17-22(8-6-7-19-9-11-21(27)12-10-19)28-25(32)26(14-4-5-15-26)18-20(24(30)31)13-16-33-2/h9-12,20,22H,3-8,13-18H2,1-2H3,(H,28,32)(H,30,31). The molecule has 1 fully saturated rings. The van der Waals surface area contributed by atoms with Crippen molar-refractivity contribution in [1.29, 1.82) is 0 Å². The summed E-state index contributed by atoms with van der Waals surface area (Å²) in [5.41, 5.74) is 0.417. The van der Waals surface area contributed by atoms with E-state index in [-0.39, 0.29) is 37.4 Å². The number of rotatable bonds is 15. The average Bonchev–Trinajstić information content (AvgIpc) is 3.28. The number of nitrogens with one attached hydrogen (secondary N) is 1. The van der Waals surface area contributed by atoms with E-state index in [2.05, 4.69) is 5.32 Å². The van der Waals surface area contributed by atoms with Crippen molar-refractivity contribution < 1.29 is 29.0 Å². The van der Waals surface area contributed by atoms with E-state index in [1.165, 1.54) is 0 Å². The summed E-state index contributed by atoms with van der Waals surface area (Å²) in [4.78, 5) is 37.6. The molecule has 1 aromatic rings. The number of amides is 1. The monoisotopic (exact) mass is 495 g/mol. The van der Waals surface area contributed by atoms with Crippen LogP contribution >= 0.6 is 11.6 Å². The predicted molar refractivity (Wildman–Crippen MR) is 131 cm³/mol. The second kappa shape index (κ2) is 14.3. The Kier molecular flexibility index (Phi) is 11.8. The summed E-state index contributed by atoms with van der Waals surface area (Å²) in [5.74, 6) is -2.03. The molecule has 1 aliphatic carbocycles. The van der Waals surface area contributed by atoms with Crippen molar-refractivity contribution in [2.45, 2.75) is 77.2 Å². The van der Waals surface area contributed by atoms with Gasteiger partial charge in [0.05, 0.1) is 24.4 Å². The normalized spacial score (nSPS) is 16.6. The number of aryl methyl sites for hydroxylation is 1. The zero-order chi connectivity index (χ0) is 25.0. The van der Waals surface area contributed by atoms with Crippen molar-refractivity contribution in [3.8, 4) is 0 Å². The van der Waals surface area contributed by atoms with Crippen LogP contribution in [-0.2, 0) is 30.3 Å². The Balaban J connectivity index is 2.07. The molecule has 8 heteroatoms. The minimum absolute atomic E-state index is 0.0995. The minimum Gasteiger partial charge on any atom is -0.481 e. The largest absolute Gasteiger partial charge is 0.481 e. The van der Waals surface area contributed by atoms with Crippen LogP contribution in [0.2, 0.25) is 5.02 Å². The summed E-state index contributed by atoms with van der Waals surface area (Å²) in [6.07, 6.45) is 6.06. The Labute approximate surface area is 207 Å². The van der Waals surface area contributed by atoms with Crippen molar-refractivity contribution in [3.05, 3.63) is 34.9 Å². The van der Waals surface area contributed by atoms with Crippen LogP contribution in [0.5, 0.6) is 0 Å². The Morgan fingerprint density at radius 3 is 2.41 bits per heavy atom. The van der Waals surface area contributed by atoms with Crippen molar-refractivity contribution in [3.63, 3.8) is 0 Å². The van der Waals surface area contributed by atoms with Crippen molar-refractivity contribution >= 4 is 29.4 Å². The lowest BCUT2D eigenvalue weighted by Crippen LogP contribution is -2.46. The number of halogens is 1. The van der Waals surface area contributed by atoms with Crippen LogP contribution in [0.15, 0.2) is 24.3 Å². The molecule has 2 unspecified atom stereocenters. The molecule has 34 heavy (non-hydrogen) atoms. The maximum Gasteiger partial charge on any atom is 0.307 e. The van der Waals surface area contributed by atoms with Crippen molar-refractivity contribution in [2.24, 2.45) is 11.3 Å². The van der Waals surface area contributed by atoms with Gasteiger partial charge in [-0.25, -0.2) is 0 Å². The maximum atomic E-state index is 13.5. The first-order valence-corrected chi connectivity index (χ1v) is 12.6. The number of benzene rings is 1. The Morgan fingerprint density at radius 2 is 1.82 bits per heavy atom. The molecular formula is C26H38ClNO6. The summed E-state index contributed by atoms with van der Waals surface area (Å²) in [5, 5.41) is 13.5. The average molecular weight is 496 g/mol. The van der Waals surface area contributed by atoms with Crippen LogP contribution < -0.4 is 5.32 Å². The summed E-state index contributed by atoms with van der Waals surface area (Å²) in [6, 6.07) is 7.28. The number of hydrogen-bond donors (Lipinski definition) is 2. The molecule has 0 spiro atoms. The van der Waals surface area contributed by atoms with Crippen molar-refractivity contribution in [2.75, 3.05) is 20.3 Å². The van der Waals surface area contributed by atoms with E-state index in [0.29, 0.717) is 37.3 Å². The van der Waals surface area contributed by atoms with Gasteiger partial charge in [-0.1, -0.05) is 36.6 Å². The number of carboxylic acid groups (broad SMARTS) is 1. The maximum absolute atomic E-state index is 13.5. The van der Waals surface area contributed by atoms with E-state index in [0.717, 1.165) is 31.2 Å². The molecule has 2 rings (SSSR count). The first kappa shape index (κ1) is 28.1. The quantitative estimate of drug-likeness (QED) is 0.339. The fourth-order valence-corrected chi connectivity index (χ4v) is 4.93. The predicted octanol–water partition coefficient (Wildman–Crippen LogP) is 4.79. The third-order valence-electron chi connectivity index (χ3n) is 6.68. The van der Waals surface area contributed by atoms with E-state index in [4.69, 9.17) is 21.1 Å². The summed E-state index contributed by atoms with van der Waals surface area (Å²) in [7, 11) is 1.54. The van der Waals surface area contributed by atoms with Gasteiger partial charge < -0.3 is 19.9 Å². The highest BCUT2D eigenvalue weighted by atomic mass is 35.5. The Morgan fingerprint density at radius 1 is 1.15 bits per heavy atom. The molecule has 0 bridgehead atoms. The van der Waals surface area contributed by atoms with Gasteiger partial charge in [0, 0.05) is 24.8 Å². The number of carbonyl (C=O) groups excluding carboxylic acids is 2.